The molecule has 2 N–H and O–H groups in total. The maximum absolute atomic E-state index is 12.7. The molecule has 0 radical (unpaired) electrons. The largest absolute Gasteiger partial charge is 0.496 e. The molecule has 2 aromatic carbocycles. The van der Waals surface area contributed by atoms with Crippen LogP contribution in [-0.2, 0) is 6.54 Å². The van der Waals surface area contributed by atoms with Crippen molar-refractivity contribution in [3.05, 3.63) is 83.7 Å². The molecule has 0 aliphatic rings. The highest BCUT2D eigenvalue weighted by molar-refractivity contribution is 6.04. The van der Waals surface area contributed by atoms with E-state index < -0.39 is 0 Å². The number of nitrogens with zero attached hydrogens (tertiary/aromatic N) is 1. The Morgan fingerprint density at radius 1 is 0.931 bits per heavy atom. The van der Waals surface area contributed by atoms with Crippen LogP contribution in [0.1, 0.15) is 26.3 Å². The highest BCUT2D eigenvalue weighted by atomic mass is 16.5. The second-order valence-electron chi connectivity index (χ2n) is 6.12. The van der Waals surface area contributed by atoms with Crippen LogP contribution in [0.25, 0.3) is 0 Å². The van der Waals surface area contributed by atoms with Crippen molar-refractivity contribution in [2.75, 3.05) is 19.5 Å². The van der Waals surface area contributed by atoms with E-state index in [4.69, 9.17) is 9.47 Å². The molecule has 1 heterocycles. The third kappa shape index (κ3) is 4.90. The molecule has 0 aliphatic heterocycles. The van der Waals surface area contributed by atoms with Crippen molar-refractivity contribution in [2.45, 2.75) is 6.54 Å². The van der Waals surface area contributed by atoms with Gasteiger partial charge in [0, 0.05) is 24.6 Å². The van der Waals surface area contributed by atoms with Crippen molar-refractivity contribution < 1.29 is 19.1 Å². The van der Waals surface area contributed by atoms with Gasteiger partial charge in [-0.1, -0.05) is 18.2 Å². The molecule has 7 nitrogen and oxygen atoms in total. The van der Waals surface area contributed by atoms with Crippen LogP contribution >= 0.6 is 0 Å². The van der Waals surface area contributed by atoms with E-state index in [2.05, 4.69) is 15.6 Å². The molecule has 0 bridgehead atoms. The molecule has 0 atom stereocenters. The summed E-state index contributed by atoms with van der Waals surface area (Å²) in [7, 11) is 3.00. The molecule has 0 fully saturated rings. The van der Waals surface area contributed by atoms with Crippen LogP contribution in [0.2, 0.25) is 0 Å². The fourth-order valence-corrected chi connectivity index (χ4v) is 2.81. The molecule has 7 heteroatoms. The SMILES string of the molecule is COc1cccc(OC)c1C(=O)NCc1cccc(NC(=O)c2cccnc2)c1. The van der Waals surface area contributed by atoms with E-state index in [1.165, 1.54) is 20.4 Å². The summed E-state index contributed by atoms with van der Waals surface area (Å²) < 4.78 is 10.5. The number of carbonyl (C=O) groups is 2. The number of methoxy groups -OCH3 is 2. The van der Waals surface area contributed by atoms with E-state index in [-0.39, 0.29) is 18.4 Å². The molecule has 1 aromatic heterocycles. The summed E-state index contributed by atoms with van der Waals surface area (Å²) in [6.45, 7) is 0.274. The van der Waals surface area contributed by atoms with Gasteiger partial charge in [-0.05, 0) is 42.0 Å². The van der Waals surface area contributed by atoms with Gasteiger partial charge in [-0.2, -0.15) is 0 Å². The number of carbonyl (C=O) groups excluding carboxylic acids is 2. The topological polar surface area (TPSA) is 89.5 Å². The predicted octanol–water partition coefficient (Wildman–Crippen LogP) is 3.28. The van der Waals surface area contributed by atoms with Gasteiger partial charge in [0.1, 0.15) is 17.1 Å². The number of benzene rings is 2. The number of hydrogen-bond donors (Lipinski definition) is 2. The van der Waals surface area contributed by atoms with Crippen LogP contribution in [-0.4, -0.2) is 31.0 Å². The maximum Gasteiger partial charge on any atom is 0.259 e. The van der Waals surface area contributed by atoms with Gasteiger partial charge in [0.05, 0.1) is 19.8 Å². The van der Waals surface area contributed by atoms with Crippen LogP contribution in [0.5, 0.6) is 11.5 Å². The molecule has 0 aliphatic carbocycles. The number of amides is 2. The highest BCUT2D eigenvalue weighted by Crippen LogP contribution is 2.28. The van der Waals surface area contributed by atoms with Crippen molar-refractivity contribution in [3.8, 4) is 11.5 Å². The Morgan fingerprint density at radius 3 is 2.31 bits per heavy atom. The normalized spacial score (nSPS) is 10.1. The van der Waals surface area contributed by atoms with E-state index in [1.807, 2.05) is 12.1 Å². The van der Waals surface area contributed by atoms with Crippen molar-refractivity contribution >= 4 is 17.5 Å². The third-order valence-corrected chi connectivity index (χ3v) is 4.22. The lowest BCUT2D eigenvalue weighted by molar-refractivity contribution is 0.0943. The van der Waals surface area contributed by atoms with Crippen LogP contribution in [0.3, 0.4) is 0 Å². The monoisotopic (exact) mass is 391 g/mol. The number of rotatable bonds is 7. The Hall–Kier alpha value is -3.87. The average molecular weight is 391 g/mol. The van der Waals surface area contributed by atoms with E-state index in [0.717, 1.165) is 5.56 Å². The molecule has 2 amide bonds. The number of anilines is 1. The molecule has 148 valence electrons. The van der Waals surface area contributed by atoms with E-state index in [0.29, 0.717) is 28.3 Å². The standard InChI is InChI=1S/C22H21N3O4/c1-28-18-9-4-10-19(29-2)20(18)22(27)24-13-15-6-3-8-17(12-15)25-21(26)16-7-5-11-23-14-16/h3-12,14H,13H2,1-2H3,(H,24,27)(H,25,26). The first-order valence-electron chi connectivity index (χ1n) is 8.92. The minimum Gasteiger partial charge on any atom is -0.496 e. The lowest BCUT2D eigenvalue weighted by atomic mass is 10.1. The van der Waals surface area contributed by atoms with Gasteiger partial charge in [0.25, 0.3) is 11.8 Å². The second-order valence-corrected chi connectivity index (χ2v) is 6.12. The van der Waals surface area contributed by atoms with Gasteiger partial charge in [-0.3, -0.25) is 14.6 Å². The Bertz CT molecular complexity index is 984. The second kappa shape index (κ2) is 9.36. The molecular weight excluding hydrogens is 370 g/mol. The zero-order valence-corrected chi connectivity index (χ0v) is 16.1. The summed E-state index contributed by atoms with van der Waals surface area (Å²) in [5.41, 5.74) is 2.25. The molecule has 0 spiro atoms. The highest BCUT2D eigenvalue weighted by Gasteiger charge is 2.17. The van der Waals surface area contributed by atoms with Crippen molar-refractivity contribution in [2.24, 2.45) is 0 Å². The van der Waals surface area contributed by atoms with Crippen LogP contribution < -0.4 is 20.1 Å². The fraction of sp³-hybridized carbons (Fsp3) is 0.136. The minimum atomic E-state index is -0.316. The van der Waals surface area contributed by atoms with E-state index in [9.17, 15) is 9.59 Å². The van der Waals surface area contributed by atoms with Crippen molar-refractivity contribution in [1.29, 1.82) is 0 Å². The fourth-order valence-electron chi connectivity index (χ4n) is 2.81. The zero-order chi connectivity index (χ0) is 20.6. The summed E-state index contributed by atoms with van der Waals surface area (Å²) in [4.78, 5) is 28.9. The number of ether oxygens (including phenoxy) is 2. The van der Waals surface area contributed by atoms with Crippen LogP contribution in [0, 0.1) is 0 Å². The average Bonchev–Trinajstić information content (AvgIpc) is 2.77. The van der Waals surface area contributed by atoms with Crippen LogP contribution in [0.15, 0.2) is 67.0 Å². The first kappa shape index (κ1) is 19.9. The van der Waals surface area contributed by atoms with Gasteiger partial charge in [-0.25, -0.2) is 0 Å². The minimum absolute atomic E-state index is 0.252. The van der Waals surface area contributed by atoms with Gasteiger partial charge in [0.15, 0.2) is 0 Å². The summed E-state index contributed by atoms with van der Waals surface area (Å²) in [5.74, 6) is 0.292. The molecule has 0 unspecified atom stereocenters. The molecule has 3 rings (SSSR count). The molecule has 0 saturated carbocycles. The summed E-state index contributed by atoms with van der Waals surface area (Å²) in [5, 5.41) is 5.68. The Morgan fingerprint density at radius 2 is 1.66 bits per heavy atom. The van der Waals surface area contributed by atoms with Crippen molar-refractivity contribution in [1.82, 2.24) is 10.3 Å². The Labute approximate surface area is 168 Å². The number of aromatic nitrogens is 1. The first-order valence-corrected chi connectivity index (χ1v) is 8.92. The summed E-state index contributed by atoms with van der Waals surface area (Å²) >= 11 is 0. The molecule has 0 saturated heterocycles. The molecular formula is C22H21N3O4. The van der Waals surface area contributed by atoms with Gasteiger partial charge in [0.2, 0.25) is 0 Å². The first-order chi connectivity index (χ1) is 14.1. The van der Waals surface area contributed by atoms with Gasteiger partial charge < -0.3 is 20.1 Å². The summed E-state index contributed by atoms with van der Waals surface area (Å²) in [6.07, 6.45) is 3.11. The Kier molecular flexibility index (Phi) is 6.42. The van der Waals surface area contributed by atoms with Crippen molar-refractivity contribution in [3.63, 3.8) is 0 Å². The maximum atomic E-state index is 12.7. The lowest BCUT2D eigenvalue weighted by Crippen LogP contribution is -2.24. The predicted molar refractivity (Wildman–Crippen MR) is 109 cm³/mol. The zero-order valence-electron chi connectivity index (χ0n) is 16.1. The van der Waals surface area contributed by atoms with Crippen LogP contribution in [0.4, 0.5) is 5.69 Å². The summed E-state index contributed by atoms with van der Waals surface area (Å²) in [6, 6.07) is 15.8. The molecule has 29 heavy (non-hydrogen) atoms. The smallest absolute Gasteiger partial charge is 0.259 e. The third-order valence-electron chi connectivity index (χ3n) is 4.22. The number of nitrogens with one attached hydrogen (secondary N) is 2. The van der Waals surface area contributed by atoms with E-state index >= 15 is 0 Å². The quantitative estimate of drug-likeness (QED) is 0.645. The van der Waals surface area contributed by atoms with Gasteiger partial charge >= 0.3 is 0 Å². The lowest BCUT2D eigenvalue weighted by Gasteiger charge is -2.13. The molecule has 3 aromatic rings. The van der Waals surface area contributed by atoms with E-state index in [1.54, 1.807) is 48.7 Å². The Balaban J connectivity index is 1.68. The number of hydrogen-bond acceptors (Lipinski definition) is 5. The van der Waals surface area contributed by atoms with Gasteiger partial charge in [-0.15, -0.1) is 0 Å². The number of pyridine rings is 1.